The lowest BCUT2D eigenvalue weighted by Gasteiger charge is -2.02. The van der Waals surface area contributed by atoms with Crippen LogP contribution in [0.1, 0.15) is 5.69 Å². The molecule has 1 aromatic carbocycles. The first-order chi connectivity index (χ1) is 7.08. The van der Waals surface area contributed by atoms with Gasteiger partial charge < -0.3 is 4.98 Å². The highest BCUT2D eigenvalue weighted by Gasteiger charge is 2.11. The number of hydrogen-bond donors (Lipinski definition) is 1. The molecular formula is C10H7Cl3N2. The van der Waals surface area contributed by atoms with Gasteiger partial charge in [-0.15, -0.1) is 0 Å². The minimum absolute atomic E-state index is 0.355. The van der Waals surface area contributed by atoms with Crippen LogP contribution in [0.4, 0.5) is 0 Å². The molecule has 78 valence electrons. The van der Waals surface area contributed by atoms with Crippen LogP contribution in [0.2, 0.25) is 15.3 Å². The summed E-state index contributed by atoms with van der Waals surface area (Å²) >= 11 is 17.6. The van der Waals surface area contributed by atoms with Gasteiger partial charge in [-0.05, 0) is 36.7 Å². The fraction of sp³-hybridized carbons (Fsp3) is 0.100. The first kappa shape index (κ1) is 10.8. The fourth-order valence-corrected chi connectivity index (χ4v) is 2.09. The maximum absolute atomic E-state index is 6.06. The van der Waals surface area contributed by atoms with Crippen LogP contribution in [0.25, 0.3) is 11.3 Å². The average molecular weight is 262 g/mol. The summed E-state index contributed by atoms with van der Waals surface area (Å²) in [6.45, 7) is 1.89. The molecule has 1 aromatic heterocycles. The van der Waals surface area contributed by atoms with Gasteiger partial charge in [0.05, 0.1) is 10.7 Å². The number of rotatable bonds is 1. The van der Waals surface area contributed by atoms with Crippen molar-refractivity contribution in [2.24, 2.45) is 0 Å². The molecular weight excluding hydrogens is 254 g/mol. The lowest BCUT2D eigenvalue weighted by molar-refractivity contribution is 1.25. The molecule has 0 radical (unpaired) electrons. The van der Waals surface area contributed by atoms with E-state index in [0.717, 1.165) is 17.0 Å². The van der Waals surface area contributed by atoms with Crippen molar-refractivity contribution in [2.75, 3.05) is 0 Å². The Kier molecular flexibility index (Phi) is 2.91. The molecule has 0 spiro atoms. The number of aromatic nitrogens is 2. The van der Waals surface area contributed by atoms with E-state index in [1.54, 1.807) is 12.1 Å². The Morgan fingerprint density at radius 1 is 1.20 bits per heavy atom. The topological polar surface area (TPSA) is 28.7 Å². The molecule has 1 N–H and O–H groups in total. The van der Waals surface area contributed by atoms with Crippen molar-refractivity contribution in [3.05, 3.63) is 39.2 Å². The summed E-state index contributed by atoms with van der Waals surface area (Å²) in [7, 11) is 0. The molecule has 0 aliphatic heterocycles. The van der Waals surface area contributed by atoms with E-state index in [2.05, 4.69) is 9.97 Å². The molecule has 0 fully saturated rings. The van der Waals surface area contributed by atoms with Crippen molar-refractivity contribution >= 4 is 34.8 Å². The lowest BCUT2D eigenvalue weighted by Crippen LogP contribution is -1.82. The third kappa shape index (κ3) is 2.12. The number of H-pyrrole nitrogens is 1. The largest absolute Gasteiger partial charge is 0.332 e. The number of nitrogens with one attached hydrogen (secondary N) is 1. The molecule has 0 saturated heterocycles. The lowest BCUT2D eigenvalue weighted by atomic mass is 10.1. The zero-order valence-corrected chi connectivity index (χ0v) is 10.1. The second-order valence-corrected chi connectivity index (χ2v) is 4.33. The number of hydrogen-bond acceptors (Lipinski definition) is 1. The van der Waals surface area contributed by atoms with Crippen molar-refractivity contribution in [2.45, 2.75) is 6.92 Å². The first-order valence-corrected chi connectivity index (χ1v) is 5.39. The number of halogens is 3. The minimum atomic E-state index is 0.355. The summed E-state index contributed by atoms with van der Waals surface area (Å²) in [5.74, 6) is 0. The summed E-state index contributed by atoms with van der Waals surface area (Å²) in [5.41, 5.74) is 2.45. The van der Waals surface area contributed by atoms with E-state index in [-0.39, 0.29) is 0 Å². The normalized spacial score (nSPS) is 10.7. The molecule has 0 unspecified atom stereocenters. The number of imidazole rings is 1. The Hall–Kier alpha value is -0.700. The highest BCUT2D eigenvalue weighted by Crippen LogP contribution is 2.31. The Balaban J connectivity index is 2.59. The van der Waals surface area contributed by atoms with Gasteiger partial charge in [0.15, 0.2) is 0 Å². The van der Waals surface area contributed by atoms with Gasteiger partial charge in [0.25, 0.3) is 0 Å². The smallest absolute Gasteiger partial charge is 0.200 e. The maximum Gasteiger partial charge on any atom is 0.200 e. The highest BCUT2D eigenvalue weighted by molar-refractivity contribution is 6.36. The van der Waals surface area contributed by atoms with Crippen molar-refractivity contribution in [3.63, 3.8) is 0 Å². The van der Waals surface area contributed by atoms with Crippen molar-refractivity contribution in [1.29, 1.82) is 0 Å². The van der Waals surface area contributed by atoms with Crippen molar-refractivity contribution < 1.29 is 0 Å². The van der Waals surface area contributed by atoms with Crippen LogP contribution in [0.3, 0.4) is 0 Å². The molecule has 0 atom stereocenters. The van der Waals surface area contributed by atoms with Crippen molar-refractivity contribution in [1.82, 2.24) is 9.97 Å². The van der Waals surface area contributed by atoms with Crippen LogP contribution in [-0.4, -0.2) is 9.97 Å². The SMILES string of the molecule is Cc1[nH]c(Cl)nc1-c1ccc(Cl)cc1Cl. The molecule has 0 aliphatic carbocycles. The third-order valence-electron chi connectivity index (χ3n) is 2.04. The standard InChI is InChI=1S/C10H7Cl3N2/c1-5-9(15-10(13)14-5)7-3-2-6(11)4-8(7)12/h2-4H,1H3,(H,14,15). The van der Waals surface area contributed by atoms with Gasteiger partial charge >= 0.3 is 0 Å². The van der Waals surface area contributed by atoms with E-state index in [4.69, 9.17) is 34.8 Å². The predicted octanol–water partition coefficient (Wildman–Crippen LogP) is 4.35. The molecule has 0 saturated carbocycles. The highest BCUT2D eigenvalue weighted by atomic mass is 35.5. The van der Waals surface area contributed by atoms with Gasteiger partial charge in [-0.2, -0.15) is 0 Å². The first-order valence-electron chi connectivity index (χ1n) is 4.25. The van der Waals surface area contributed by atoms with Crippen LogP contribution in [0, 0.1) is 6.92 Å². The van der Waals surface area contributed by atoms with Gasteiger partial charge in [-0.3, -0.25) is 0 Å². The van der Waals surface area contributed by atoms with Crippen LogP contribution in [-0.2, 0) is 0 Å². The number of aryl methyl sites for hydroxylation is 1. The summed E-state index contributed by atoms with van der Waals surface area (Å²) in [5, 5.41) is 1.52. The Labute approximate surface area is 102 Å². The molecule has 2 rings (SSSR count). The van der Waals surface area contributed by atoms with Crippen LogP contribution in [0.5, 0.6) is 0 Å². The molecule has 0 bridgehead atoms. The average Bonchev–Trinajstić information content (AvgIpc) is 2.45. The van der Waals surface area contributed by atoms with E-state index in [1.807, 2.05) is 13.0 Å². The fourth-order valence-electron chi connectivity index (χ4n) is 1.37. The van der Waals surface area contributed by atoms with Crippen LogP contribution >= 0.6 is 34.8 Å². The number of nitrogens with zero attached hydrogens (tertiary/aromatic N) is 1. The van der Waals surface area contributed by atoms with E-state index < -0.39 is 0 Å². The molecule has 1 heterocycles. The molecule has 0 amide bonds. The number of benzene rings is 1. The van der Waals surface area contributed by atoms with Gasteiger partial charge in [0, 0.05) is 16.3 Å². The van der Waals surface area contributed by atoms with Gasteiger partial charge in [-0.25, -0.2) is 4.98 Å². The third-order valence-corrected chi connectivity index (χ3v) is 2.77. The maximum atomic E-state index is 6.06. The predicted molar refractivity (Wildman–Crippen MR) is 63.8 cm³/mol. The molecule has 2 nitrogen and oxygen atoms in total. The van der Waals surface area contributed by atoms with Gasteiger partial charge in [0.2, 0.25) is 5.28 Å². The monoisotopic (exact) mass is 260 g/mol. The van der Waals surface area contributed by atoms with Gasteiger partial charge in [0.1, 0.15) is 0 Å². The molecule has 15 heavy (non-hydrogen) atoms. The van der Waals surface area contributed by atoms with E-state index >= 15 is 0 Å². The van der Waals surface area contributed by atoms with E-state index in [9.17, 15) is 0 Å². The molecule has 0 aliphatic rings. The van der Waals surface area contributed by atoms with Gasteiger partial charge in [-0.1, -0.05) is 23.2 Å². The van der Waals surface area contributed by atoms with Crippen LogP contribution in [0.15, 0.2) is 18.2 Å². The quantitative estimate of drug-likeness (QED) is 0.812. The van der Waals surface area contributed by atoms with Crippen LogP contribution < -0.4 is 0 Å². The summed E-state index contributed by atoms with van der Waals surface area (Å²) < 4.78 is 0. The second-order valence-electron chi connectivity index (χ2n) is 3.13. The minimum Gasteiger partial charge on any atom is -0.332 e. The summed E-state index contributed by atoms with van der Waals surface area (Å²) in [4.78, 5) is 7.06. The summed E-state index contributed by atoms with van der Waals surface area (Å²) in [6, 6.07) is 5.27. The van der Waals surface area contributed by atoms with Crippen molar-refractivity contribution in [3.8, 4) is 11.3 Å². The molecule has 5 heteroatoms. The Bertz CT molecular complexity index is 505. The van der Waals surface area contributed by atoms with E-state index in [0.29, 0.717) is 15.3 Å². The summed E-state index contributed by atoms with van der Waals surface area (Å²) in [6.07, 6.45) is 0. The zero-order valence-electron chi connectivity index (χ0n) is 7.81. The Morgan fingerprint density at radius 2 is 1.93 bits per heavy atom. The second kappa shape index (κ2) is 4.05. The zero-order chi connectivity index (χ0) is 11.0. The Morgan fingerprint density at radius 3 is 2.47 bits per heavy atom. The number of aromatic amines is 1. The molecule has 2 aromatic rings. The van der Waals surface area contributed by atoms with E-state index in [1.165, 1.54) is 0 Å².